The summed E-state index contributed by atoms with van der Waals surface area (Å²) in [6, 6.07) is 10.0. The van der Waals surface area contributed by atoms with Crippen LogP contribution < -0.4 is 16.0 Å². The van der Waals surface area contributed by atoms with Crippen LogP contribution in [0.2, 0.25) is 5.15 Å². The number of amides is 1. The number of pyridine rings is 1. The summed E-state index contributed by atoms with van der Waals surface area (Å²) in [4.78, 5) is 20.6. The van der Waals surface area contributed by atoms with Crippen LogP contribution in [0.15, 0.2) is 47.6 Å². The molecule has 2 aromatic rings. The third-order valence-corrected chi connectivity index (χ3v) is 4.06. The van der Waals surface area contributed by atoms with Crippen molar-refractivity contribution in [3.8, 4) is 5.75 Å². The Morgan fingerprint density at radius 1 is 1.18 bits per heavy atom. The topological polar surface area (TPSA) is 98.6 Å². The van der Waals surface area contributed by atoms with E-state index in [0.717, 1.165) is 31.0 Å². The summed E-state index contributed by atoms with van der Waals surface area (Å²) in [5.41, 5.74) is 1.54. The standard InChI is InChI=1S/C20H26ClN5O2/c1-2-22-20(25-12-9-15-7-8-18(21)26-14-15)24-11-4-10-23-19(28)16-5-3-6-17(27)13-16/h3,5-8,13-14,27H,2,4,9-12H2,1H3,(H,23,28)(H2,22,24,25). The summed E-state index contributed by atoms with van der Waals surface area (Å²) in [6.07, 6.45) is 3.29. The Hall–Kier alpha value is -2.80. The van der Waals surface area contributed by atoms with E-state index in [4.69, 9.17) is 11.6 Å². The Balaban J connectivity index is 1.69. The van der Waals surface area contributed by atoms with Crippen molar-refractivity contribution in [2.75, 3.05) is 26.2 Å². The molecule has 1 aromatic heterocycles. The number of rotatable bonds is 9. The maximum absolute atomic E-state index is 12.0. The number of carbonyl (C=O) groups is 1. The van der Waals surface area contributed by atoms with Gasteiger partial charge in [0.1, 0.15) is 10.9 Å². The fraction of sp³-hybridized carbons (Fsp3) is 0.350. The molecular weight excluding hydrogens is 378 g/mol. The predicted molar refractivity (Wildman–Crippen MR) is 112 cm³/mol. The largest absolute Gasteiger partial charge is 0.508 e. The molecule has 0 aliphatic heterocycles. The summed E-state index contributed by atoms with van der Waals surface area (Å²) in [5.74, 6) is 0.609. The molecule has 1 heterocycles. The van der Waals surface area contributed by atoms with Gasteiger partial charge >= 0.3 is 0 Å². The molecule has 1 aromatic carbocycles. The number of aromatic nitrogens is 1. The molecule has 0 unspecified atom stereocenters. The Morgan fingerprint density at radius 3 is 2.75 bits per heavy atom. The fourth-order valence-corrected chi connectivity index (χ4v) is 2.55. The van der Waals surface area contributed by atoms with Crippen LogP contribution in [0.1, 0.15) is 29.3 Å². The molecule has 0 spiro atoms. The van der Waals surface area contributed by atoms with Crippen LogP contribution in [-0.2, 0) is 6.42 Å². The minimum absolute atomic E-state index is 0.0768. The second-order valence-corrected chi connectivity index (χ2v) is 6.47. The van der Waals surface area contributed by atoms with E-state index in [-0.39, 0.29) is 11.7 Å². The van der Waals surface area contributed by atoms with E-state index in [1.165, 1.54) is 12.1 Å². The average molecular weight is 404 g/mol. The molecule has 0 radical (unpaired) electrons. The number of phenols is 1. The zero-order chi connectivity index (χ0) is 20.2. The SMILES string of the molecule is CCNC(=NCCCNC(=O)c1cccc(O)c1)NCCc1ccc(Cl)nc1. The molecule has 7 nitrogen and oxygen atoms in total. The molecule has 8 heteroatoms. The van der Waals surface area contributed by atoms with Crippen LogP contribution in [-0.4, -0.2) is 48.1 Å². The predicted octanol–water partition coefficient (Wildman–Crippen LogP) is 2.36. The van der Waals surface area contributed by atoms with Gasteiger partial charge in [0, 0.05) is 37.9 Å². The first-order chi connectivity index (χ1) is 13.6. The fourth-order valence-electron chi connectivity index (χ4n) is 2.44. The molecule has 28 heavy (non-hydrogen) atoms. The van der Waals surface area contributed by atoms with Crippen molar-refractivity contribution in [3.05, 3.63) is 58.9 Å². The first-order valence-corrected chi connectivity index (χ1v) is 9.66. The second-order valence-electron chi connectivity index (χ2n) is 6.09. The highest BCUT2D eigenvalue weighted by Gasteiger charge is 2.05. The van der Waals surface area contributed by atoms with Crippen molar-refractivity contribution in [2.24, 2.45) is 4.99 Å². The van der Waals surface area contributed by atoms with Gasteiger partial charge in [-0.25, -0.2) is 4.98 Å². The molecule has 0 bridgehead atoms. The zero-order valence-electron chi connectivity index (χ0n) is 15.9. The lowest BCUT2D eigenvalue weighted by atomic mass is 10.2. The number of phenolic OH excluding ortho intramolecular Hbond substituents is 1. The lowest BCUT2D eigenvalue weighted by Gasteiger charge is -2.11. The van der Waals surface area contributed by atoms with Crippen molar-refractivity contribution >= 4 is 23.5 Å². The summed E-state index contributed by atoms with van der Waals surface area (Å²) >= 11 is 5.79. The van der Waals surface area contributed by atoms with Crippen molar-refractivity contribution in [3.63, 3.8) is 0 Å². The third kappa shape index (κ3) is 7.84. The van der Waals surface area contributed by atoms with Gasteiger partial charge in [0.25, 0.3) is 5.91 Å². The number of benzene rings is 1. The Kier molecular flexibility index (Phi) is 9.07. The van der Waals surface area contributed by atoms with Crippen LogP contribution in [0.25, 0.3) is 0 Å². The Labute approximate surface area is 170 Å². The summed E-state index contributed by atoms with van der Waals surface area (Å²) < 4.78 is 0. The number of halogens is 1. The zero-order valence-corrected chi connectivity index (χ0v) is 16.7. The van der Waals surface area contributed by atoms with Gasteiger partial charge in [-0.3, -0.25) is 9.79 Å². The number of nitrogens with zero attached hydrogens (tertiary/aromatic N) is 2. The van der Waals surface area contributed by atoms with Crippen LogP contribution in [0.5, 0.6) is 5.75 Å². The minimum Gasteiger partial charge on any atom is -0.508 e. The Morgan fingerprint density at radius 2 is 2.04 bits per heavy atom. The van der Waals surface area contributed by atoms with Crippen LogP contribution in [0.3, 0.4) is 0 Å². The van der Waals surface area contributed by atoms with Gasteiger partial charge in [-0.2, -0.15) is 0 Å². The number of guanidine groups is 1. The van der Waals surface area contributed by atoms with Gasteiger partial charge in [0.2, 0.25) is 0 Å². The molecule has 150 valence electrons. The van der Waals surface area contributed by atoms with E-state index in [2.05, 4.69) is 25.9 Å². The van der Waals surface area contributed by atoms with E-state index in [1.54, 1.807) is 24.4 Å². The van der Waals surface area contributed by atoms with Gasteiger partial charge in [0.15, 0.2) is 5.96 Å². The average Bonchev–Trinajstić information content (AvgIpc) is 2.69. The third-order valence-electron chi connectivity index (χ3n) is 3.84. The first-order valence-electron chi connectivity index (χ1n) is 9.28. The molecule has 4 N–H and O–H groups in total. The first kappa shape index (κ1) is 21.5. The molecule has 0 aliphatic rings. The van der Waals surface area contributed by atoms with Crippen molar-refractivity contribution < 1.29 is 9.90 Å². The van der Waals surface area contributed by atoms with E-state index < -0.39 is 0 Å². The number of hydrogen-bond donors (Lipinski definition) is 4. The number of carbonyl (C=O) groups excluding carboxylic acids is 1. The van der Waals surface area contributed by atoms with E-state index in [1.807, 2.05) is 13.0 Å². The molecule has 0 saturated heterocycles. The summed E-state index contributed by atoms with van der Waals surface area (Å²) in [5, 5.41) is 19.2. The molecular formula is C20H26ClN5O2. The molecule has 0 fully saturated rings. The maximum atomic E-state index is 12.0. The van der Waals surface area contributed by atoms with Gasteiger partial charge in [-0.15, -0.1) is 0 Å². The molecule has 0 atom stereocenters. The quantitative estimate of drug-likeness (QED) is 0.223. The van der Waals surface area contributed by atoms with Gasteiger partial charge in [-0.05, 0) is 49.6 Å². The maximum Gasteiger partial charge on any atom is 0.251 e. The highest BCUT2D eigenvalue weighted by Crippen LogP contribution is 2.10. The number of hydrogen-bond acceptors (Lipinski definition) is 4. The number of nitrogens with one attached hydrogen (secondary N) is 3. The summed E-state index contributed by atoms with van der Waals surface area (Å²) in [6.45, 7) is 4.59. The monoisotopic (exact) mass is 403 g/mol. The summed E-state index contributed by atoms with van der Waals surface area (Å²) in [7, 11) is 0. The highest BCUT2D eigenvalue weighted by molar-refractivity contribution is 6.29. The van der Waals surface area contributed by atoms with Crippen LogP contribution >= 0.6 is 11.6 Å². The molecule has 1 amide bonds. The molecule has 0 aliphatic carbocycles. The number of aliphatic imine (C=N–C) groups is 1. The van der Waals surface area contributed by atoms with E-state index in [0.29, 0.717) is 30.2 Å². The molecule has 2 rings (SSSR count). The number of aromatic hydroxyl groups is 1. The lowest BCUT2D eigenvalue weighted by molar-refractivity contribution is 0.0953. The van der Waals surface area contributed by atoms with Gasteiger partial charge in [-0.1, -0.05) is 23.7 Å². The van der Waals surface area contributed by atoms with Crippen molar-refractivity contribution in [2.45, 2.75) is 19.8 Å². The van der Waals surface area contributed by atoms with E-state index >= 15 is 0 Å². The van der Waals surface area contributed by atoms with Gasteiger partial charge in [0.05, 0.1) is 0 Å². The lowest BCUT2D eigenvalue weighted by Crippen LogP contribution is -2.38. The molecule has 0 saturated carbocycles. The van der Waals surface area contributed by atoms with Crippen LogP contribution in [0.4, 0.5) is 0 Å². The van der Waals surface area contributed by atoms with Gasteiger partial charge < -0.3 is 21.1 Å². The van der Waals surface area contributed by atoms with Crippen molar-refractivity contribution in [1.82, 2.24) is 20.9 Å². The second kappa shape index (κ2) is 11.8. The van der Waals surface area contributed by atoms with Crippen LogP contribution in [0, 0.1) is 0 Å². The Bertz CT molecular complexity index is 780. The highest BCUT2D eigenvalue weighted by atomic mass is 35.5. The minimum atomic E-state index is -0.207. The smallest absolute Gasteiger partial charge is 0.251 e. The van der Waals surface area contributed by atoms with E-state index in [9.17, 15) is 9.90 Å². The van der Waals surface area contributed by atoms with Crippen molar-refractivity contribution in [1.29, 1.82) is 0 Å². The normalized spacial score (nSPS) is 11.1.